The van der Waals surface area contributed by atoms with Gasteiger partial charge in [0.05, 0.1) is 0 Å². The minimum atomic E-state index is -0.443. The number of hydrogen-bond acceptors (Lipinski definition) is 4. The summed E-state index contributed by atoms with van der Waals surface area (Å²) in [6, 6.07) is 5.97. The van der Waals surface area contributed by atoms with Gasteiger partial charge in [-0.25, -0.2) is 0 Å². The first-order valence-corrected chi connectivity index (χ1v) is 8.95. The van der Waals surface area contributed by atoms with E-state index in [-0.39, 0.29) is 12.4 Å². The Hall–Kier alpha value is -2.25. The van der Waals surface area contributed by atoms with Gasteiger partial charge in [0, 0.05) is 0 Å². The molecule has 2 N–H and O–H groups in total. The number of carbonyl (C=O) groups excluding carboxylic acids is 1. The number of allylic oxidation sites excluding steroid dienone is 1. The Morgan fingerprint density at radius 2 is 2.12 bits per heavy atom. The molecule has 1 aromatic heterocycles. The molecule has 0 radical (unpaired) electrons. The number of carbonyl (C=O) groups is 1. The zero-order valence-electron chi connectivity index (χ0n) is 15.4. The van der Waals surface area contributed by atoms with Crippen molar-refractivity contribution in [3.63, 3.8) is 0 Å². The number of benzene rings is 1. The fraction of sp³-hybridized carbons (Fsp3) is 0.421. The van der Waals surface area contributed by atoms with Crippen LogP contribution in [0.2, 0.25) is 0 Å². The average molecular weight is 352 g/mol. The number of aromatic nitrogens is 1. The van der Waals surface area contributed by atoms with Gasteiger partial charge in [-0.1, -0.05) is 0 Å². The first kappa shape index (κ1) is 18.5. The van der Waals surface area contributed by atoms with E-state index in [1.54, 1.807) is 0 Å². The van der Waals surface area contributed by atoms with Crippen molar-refractivity contribution in [3.05, 3.63) is 47.7 Å². The van der Waals surface area contributed by atoms with Crippen LogP contribution in [0.4, 0.5) is 0 Å². The van der Waals surface area contributed by atoms with Crippen molar-refractivity contribution in [3.8, 4) is 0 Å². The zero-order chi connectivity index (χ0) is 18.5. The van der Waals surface area contributed by atoms with Crippen molar-refractivity contribution >= 4 is 24.0 Å². The van der Waals surface area contributed by atoms with Gasteiger partial charge >= 0.3 is 154 Å². The van der Waals surface area contributed by atoms with E-state index in [0.29, 0.717) is 13.1 Å². The number of fused-ring (bicyclic) bond motifs is 5. The predicted octanol–water partition coefficient (Wildman–Crippen LogP) is 1.03. The van der Waals surface area contributed by atoms with Crippen LogP contribution in [0.1, 0.15) is 11.1 Å². The number of hydrogen-bond donors (Lipinski definition) is 2. The molecular formula is C19H25BN4O2. The average Bonchev–Trinajstić information content (AvgIpc) is 2.96. The Kier molecular flexibility index (Phi) is 6.01. The summed E-state index contributed by atoms with van der Waals surface area (Å²) >= 11 is 0. The molecule has 0 saturated carbocycles. The quantitative estimate of drug-likeness (QED) is 0.640. The zero-order valence-corrected chi connectivity index (χ0v) is 15.4. The van der Waals surface area contributed by atoms with Crippen LogP contribution in [0, 0.1) is 6.92 Å². The molecule has 2 heterocycles. The van der Waals surface area contributed by atoms with Gasteiger partial charge in [0.15, 0.2) is 0 Å². The third-order valence-electron chi connectivity index (χ3n) is 4.72. The maximum absolute atomic E-state index is 12.6. The number of amides is 1. The normalized spacial score (nSPS) is 20.5. The molecule has 2 aromatic rings. The van der Waals surface area contributed by atoms with E-state index >= 15 is 0 Å². The second-order valence-corrected chi connectivity index (χ2v) is 6.87. The van der Waals surface area contributed by atoms with E-state index in [1.165, 1.54) is 10.9 Å². The number of rotatable bonds is 3. The summed E-state index contributed by atoms with van der Waals surface area (Å²) in [6.45, 7) is 4.10. The van der Waals surface area contributed by atoms with Gasteiger partial charge in [0.25, 0.3) is 0 Å². The van der Waals surface area contributed by atoms with Crippen LogP contribution in [0.15, 0.2) is 36.5 Å². The number of likely N-dealkylation sites (N-methyl/N-ethyl adjacent to an activating group) is 1. The molecule has 1 atom stereocenters. The molecule has 2 bridgehead atoms. The van der Waals surface area contributed by atoms with Crippen molar-refractivity contribution in [1.82, 2.24) is 20.1 Å². The van der Waals surface area contributed by atoms with Crippen LogP contribution in [0.25, 0.3) is 10.9 Å². The topological polar surface area (TPSA) is 66.4 Å². The van der Waals surface area contributed by atoms with Gasteiger partial charge in [0.1, 0.15) is 0 Å². The molecule has 1 aliphatic rings. The van der Waals surface area contributed by atoms with Gasteiger partial charge in [-0.05, 0) is 0 Å². The molecule has 1 unspecified atom stereocenters. The first-order valence-electron chi connectivity index (χ1n) is 8.95. The fourth-order valence-corrected chi connectivity index (χ4v) is 3.31. The van der Waals surface area contributed by atoms with E-state index in [4.69, 9.17) is 0 Å². The summed E-state index contributed by atoms with van der Waals surface area (Å²) in [5, 5.41) is 7.18. The van der Waals surface area contributed by atoms with Crippen LogP contribution in [0.5, 0.6) is 0 Å². The molecule has 3 rings (SSSR count). The van der Waals surface area contributed by atoms with Crippen molar-refractivity contribution < 1.29 is 9.50 Å². The Balaban J connectivity index is 2.01. The van der Waals surface area contributed by atoms with Crippen LogP contribution in [-0.2, 0) is 22.5 Å². The second kappa shape index (κ2) is 8.42. The van der Waals surface area contributed by atoms with Crippen molar-refractivity contribution in [2.45, 2.75) is 25.9 Å². The Bertz CT molecular complexity index is 830. The molecule has 1 amide bonds. The number of nitrogens with one attached hydrogen (secondary N) is 2. The van der Waals surface area contributed by atoms with E-state index in [1.807, 2.05) is 11.9 Å². The molecule has 0 fully saturated rings. The first-order chi connectivity index (χ1) is 12.6. The monoisotopic (exact) mass is 352 g/mol. The second-order valence-electron chi connectivity index (χ2n) is 6.87. The molecule has 1 aromatic carbocycles. The molecular weight excluding hydrogens is 327 g/mol. The van der Waals surface area contributed by atoms with E-state index < -0.39 is 6.04 Å². The molecule has 0 spiro atoms. The molecule has 1 aliphatic heterocycles. The Morgan fingerprint density at radius 1 is 1.31 bits per heavy atom. The molecule has 136 valence electrons. The van der Waals surface area contributed by atoms with Crippen LogP contribution in [0.3, 0.4) is 0 Å². The molecule has 0 saturated heterocycles. The van der Waals surface area contributed by atoms with E-state index in [2.05, 4.69) is 58.7 Å². The van der Waals surface area contributed by atoms with Crippen molar-refractivity contribution in [2.75, 3.05) is 26.7 Å². The van der Waals surface area contributed by atoms with Crippen LogP contribution >= 0.6 is 0 Å². The number of aryl methyl sites for hydroxylation is 1. The Morgan fingerprint density at radius 3 is 2.92 bits per heavy atom. The van der Waals surface area contributed by atoms with Gasteiger partial charge in [0.2, 0.25) is 0 Å². The SMILES string of the molecule is Cc1ccc2c(c1)c1cn2C/C=C\CN(C)CNC(=O)C(NCB=O)C1. The van der Waals surface area contributed by atoms with Crippen molar-refractivity contribution in [1.29, 1.82) is 0 Å². The molecule has 0 aliphatic carbocycles. The molecule has 6 nitrogen and oxygen atoms in total. The van der Waals surface area contributed by atoms with Crippen LogP contribution in [-0.4, -0.2) is 55.3 Å². The third-order valence-corrected chi connectivity index (χ3v) is 4.72. The van der Waals surface area contributed by atoms with E-state index in [9.17, 15) is 9.50 Å². The summed E-state index contributed by atoms with van der Waals surface area (Å²) in [5.41, 5.74) is 3.47. The standard InChI is InChI=1S/C19H25BN4O2/c1-14-5-6-18-16(9-14)15-10-17(21-12-20-26)19(25)22-13-23(2)7-3-4-8-24(18)11-15/h3-6,9,11,17,21H,7-8,10,12-13H2,1-2H3,(H,22,25)/b4-3-. The summed E-state index contributed by atoms with van der Waals surface area (Å²) in [4.78, 5) is 14.7. The van der Waals surface area contributed by atoms with Crippen LogP contribution < -0.4 is 10.6 Å². The fourth-order valence-electron chi connectivity index (χ4n) is 3.31. The van der Waals surface area contributed by atoms with E-state index in [0.717, 1.165) is 31.3 Å². The third kappa shape index (κ3) is 4.29. The summed E-state index contributed by atoms with van der Waals surface area (Å²) in [7, 11) is 2.75. The summed E-state index contributed by atoms with van der Waals surface area (Å²) < 4.78 is 13.0. The van der Waals surface area contributed by atoms with Gasteiger partial charge in [-0.15, -0.1) is 0 Å². The predicted molar refractivity (Wildman–Crippen MR) is 103 cm³/mol. The maximum atomic E-state index is 12.6. The van der Waals surface area contributed by atoms with Gasteiger partial charge in [-0.2, -0.15) is 0 Å². The summed E-state index contributed by atoms with van der Waals surface area (Å²) in [6.07, 6.45) is 7.10. The van der Waals surface area contributed by atoms with Gasteiger partial charge < -0.3 is 0 Å². The number of nitrogens with zero attached hydrogens (tertiary/aromatic N) is 2. The molecule has 26 heavy (non-hydrogen) atoms. The molecule has 7 heteroatoms. The summed E-state index contributed by atoms with van der Waals surface area (Å²) in [5.74, 6) is -0.0875. The Labute approximate surface area is 154 Å². The van der Waals surface area contributed by atoms with Gasteiger partial charge in [-0.3, -0.25) is 0 Å². The minimum absolute atomic E-state index is 0.0875. The van der Waals surface area contributed by atoms with Crippen molar-refractivity contribution in [2.24, 2.45) is 0 Å².